The molecule has 0 aliphatic carbocycles. The summed E-state index contributed by atoms with van der Waals surface area (Å²) in [6, 6.07) is 11.9. The van der Waals surface area contributed by atoms with Crippen molar-refractivity contribution in [1.29, 1.82) is 0 Å². The summed E-state index contributed by atoms with van der Waals surface area (Å²) < 4.78 is 10.7. The van der Waals surface area contributed by atoms with Gasteiger partial charge >= 0.3 is 0 Å². The number of nitrogens with one attached hydrogen (secondary N) is 1. The fourth-order valence-electron chi connectivity index (χ4n) is 1.76. The zero-order chi connectivity index (χ0) is 15.9. The molecule has 1 N–H and O–H groups in total. The van der Waals surface area contributed by atoms with Crippen LogP contribution in [0.3, 0.4) is 0 Å². The molecule has 2 aromatic carbocycles. The standard InChI is InChI=1S/C16H15Cl2NO3/c1-2-21-14-5-3-13(4-6-14)19-16(20)10-22-15-8-11(17)7-12(18)9-15/h3-9H,2,10H2,1H3,(H,19,20). The molecule has 116 valence electrons. The van der Waals surface area contributed by atoms with Gasteiger partial charge in [-0.25, -0.2) is 0 Å². The Morgan fingerprint density at radius 3 is 2.23 bits per heavy atom. The van der Waals surface area contributed by atoms with Crippen LogP contribution in [-0.2, 0) is 4.79 Å². The highest BCUT2D eigenvalue weighted by Gasteiger charge is 2.05. The van der Waals surface area contributed by atoms with E-state index >= 15 is 0 Å². The molecule has 2 aromatic rings. The van der Waals surface area contributed by atoms with Crippen LogP contribution in [-0.4, -0.2) is 19.1 Å². The Labute approximate surface area is 138 Å². The Morgan fingerprint density at radius 2 is 1.64 bits per heavy atom. The van der Waals surface area contributed by atoms with Gasteiger partial charge in [0.15, 0.2) is 6.61 Å². The van der Waals surface area contributed by atoms with Gasteiger partial charge in [0.05, 0.1) is 6.61 Å². The average molecular weight is 340 g/mol. The van der Waals surface area contributed by atoms with Crippen LogP contribution >= 0.6 is 23.2 Å². The zero-order valence-corrected chi connectivity index (χ0v) is 13.4. The number of ether oxygens (including phenoxy) is 2. The minimum absolute atomic E-state index is 0.135. The molecule has 0 unspecified atom stereocenters. The van der Waals surface area contributed by atoms with Gasteiger partial charge in [-0.05, 0) is 49.4 Å². The third-order valence-electron chi connectivity index (χ3n) is 2.66. The normalized spacial score (nSPS) is 10.1. The third kappa shape index (κ3) is 5.13. The number of benzene rings is 2. The van der Waals surface area contributed by atoms with E-state index in [0.717, 1.165) is 5.75 Å². The van der Waals surface area contributed by atoms with Gasteiger partial charge in [0, 0.05) is 15.7 Å². The monoisotopic (exact) mass is 339 g/mol. The summed E-state index contributed by atoms with van der Waals surface area (Å²) in [7, 11) is 0. The number of carbonyl (C=O) groups excluding carboxylic acids is 1. The van der Waals surface area contributed by atoms with Gasteiger partial charge in [0.2, 0.25) is 0 Å². The van der Waals surface area contributed by atoms with E-state index < -0.39 is 0 Å². The van der Waals surface area contributed by atoms with Gasteiger partial charge in [-0.15, -0.1) is 0 Å². The fraction of sp³-hybridized carbons (Fsp3) is 0.188. The van der Waals surface area contributed by atoms with Crippen LogP contribution in [0.25, 0.3) is 0 Å². The minimum Gasteiger partial charge on any atom is -0.494 e. The van der Waals surface area contributed by atoms with Crippen LogP contribution in [0.4, 0.5) is 5.69 Å². The molecule has 0 aliphatic rings. The lowest BCUT2D eigenvalue weighted by molar-refractivity contribution is -0.118. The maximum atomic E-state index is 11.8. The van der Waals surface area contributed by atoms with E-state index in [0.29, 0.717) is 28.1 Å². The van der Waals surface area contributed by atoms with Crippen LogP contribution in [0.15, 0.2) is 42.5 Å². The van der Waals surface area contributed by atoms with Gasteiger partial charge < -0.3 is 14.8 Å². The third-order valence-corrected chi connectivity index (χ3v) is 3.09. The smallest absolute Gasteiger partial charge is 0.262 e. The van der Waals surface area contributed by atoms with Crippen molar-refractivity contribution in [2.75, 3.05) is 18.5 Å². The number of hydrogen-bond acceptors (Lipinski definition) is 3. The Kier molecular flexibility index (Phi) is 5.92. The molecule has 0 heterocycles. The maximum absolute atomic E-state index is 11.8. The molecule has 1 amide bonds. The van der Waals surface area contributed by atoms with Gasteiger partial charge in [-0.1, -0.05) is 23.2 Å². The van der Waals surface area contributed by atoms with E-state index in [1.807, 2.05) is 6.92 Å². The van der Waals surface area contributed by atoms with E-state index in [1.54, 1.807) is 42.5 Å². The van der Waals surface area contributed by atoms with Crippen molar-refractivity contribution in [3.8, 4) is 11.5 Å². The molecule has 0 atom stereocenters. The molecule has 0 saturated carbocycles. The van der Waals surface area contributed by atoms with E-state index in [-0.39, 0.29) is 12.5 Å². The highest BCUT2D eigenvalue weighted by atomic mass is 35.5. The van der Waals surface area contributed by atoms with E-state index in [4.69, 9.17) is 32.7 Å². The highest BCUT2D eigenvalue weighted by Crippen LogP contribution is 2.24. The lowest BCUT2D eigenvalue weighted by atomic mass is 10.3. The van der Waals surface area contributed by atoms with Crippen LogP contribution in [0, 0.1) is 0 Å². The van der Waals surface area contributed by atoms with Crippen LogP contribution in [0.5, 0.6) is 11.5 Å². The Morgan fingerprint density at radius 1 is 1.00 bits per heavy atom. The van der Waals surface area contributed by atoms with Crippen LogP contribution < -0.4 is 14.8 Å². The molecule has 0 aromatic heterocycles. The fourth-order valence-corrected chi connectivity index (χ4v) is 2.26. The number of rotatable bonds is 6. The van der Waals surface area contributed by atoms with Gasteiger partial charge in [-0.2, -0.15) is 0 Å². The molecule has 0 bridgehead atoms. The first-order valence-electron chi connectivity index (χ1n) is 6.68. The van der Waals surface area contributed by atoms with Crippen molar-refractivity contribution in [2.24, 2.45) is 0 Å². The molecule has 0 fully saturated rings. The summed E-state index contributed by atoms with van der Waals surface area (Å²) in [5, 5.41) is 3.63. The number of halogens is 2. The first kappa shape index (κ1) is 16.5. The quantitative estimate of drug-likeness (QED) is 0.847. The first-order chi connectivity index (χ1) is 10.6. The molecule has 0 spiro atoms. The molecule has 6 heteroatoms. The molecular formula is C16H15Cl2NO3. The lowest BCUT2D eigenvalue weighted by Crippen LogP contribution is -2.20. The van der Waals surface area contributed by atoms with Crippen LogP contribution in [0.2, 0.25) is 10.0 Å². The maximum Gasteiger partial charge on any atom is 0.262 e. The predicted octanol–water partition coefficient (Wildman–Crippen LogP) is 4.41. The molecule has 2 rings (SSSR count). The first-order valence-corrected chi connectivity index (χ1v) is 7.44. The van der Waals surface area contributed by atoms with Crippen molar-refractivity contribution in [3.05, 3.63) is 52.5 Å². The average Bonchev–Trinajstić information content (AvgIpc) is 2.47. The molecule has 0 saturated heterocycles. The lowest BCUT2D eigenvalue weighted by Gasteiger charge is -2.09. The van der Waals surface area contributed by atoms with Crippen molar-refractivity contribution in [3.63, 3.8) is 0 Å². The molecular weight excluding hydrogens is 325 g/mol. The molecule has 22 heavy (non-hydrogen) atoms. The summed E-state index contributed by atoms with van der Waals surface area (Å²) in [6.07, 6.45) is 0. The summed E-state index contributed by atoms with van der Waals surface area (Å²) in [6.45, 7) is 2.38. The number of carbonyl (C=O) groups is 1. The Bertz CT molecular complexity index is 624. The number of amides is 1. The van der Waals surface area contributed by atoms with Gasteiger partial charge in [0.1, 0.15) is 11.5 Å². The van der Waals surface area contributed by atoms with Gasteiger partial charge in [-0.3, -0.25) is 4.79 Å². The van der Waals surface area contributed by atoms with E-state index in [9.17, 15) is 4.79 Å². The van der Waals surface area contributed by atoms with Crippen molar-refractivity contribution >= 4 is 34.8 Å². The molecule has 4 nitrogen and oxygen atoms in total. The summed E-state index contributed by atoms with van der Waals surface area (Å²) in [4.78, 5) is 11.8. The summed E-state index contributed by atoms with van der Waals surface area (Å²) in [5.41, 5.74) is 0.668. The number of hydrogen-bond donors (Lipinski definition) is 1. The van der Waals surface area contributed by atoms with Crippen molar-refractivity contribution in [2.45, 2.75) is 6.92 Å². The SMILES string of the molecule is CCOc1ccc(NC(=O)COc2cc(Cl)cc(Cl)c2)cc1. The zero-order valence-electron chi connectivity index (χ0n) is 11.9. The highest BCUT2D eigenvalue weighted by molar-refractivity contribution is 6.34. The molecule has 0 radical (unpaired) electrons. The second kappa shape index (κ2) is 7.92. The largest absolute Gasteiger partial charge is 0.494 e. The van der Waals surface area contributed by atoms with E-state index in [2.05, 4.69) is 5.32 Å². The summed E-state index contributed by atoms with van der Waals surface area (Å²) in [5.74, 6) is 0.921. The second-order valence-electron chi connectivity index (χ2n) is 4.40. The van der Waals surface area contributed by atoms with Crippen molar-refractivity contribution < 1.29 is 14.3 Å². The summed E-state index contributed by atoms with van der Waals surface area (Å²) >= 11 is 11.7. The number of anilines is 1. The van der Waals surface area contributed by atoms with Crippen LogP contribution in [0.1, 0.15) is 6.92 Å². The second-order valence-corrected chi connectivity index (χ2v) is 5.27. The van der Waals surface area contributed by atoms with Gasteiger partial charge in [0.25, 0.3) is 5.91 Å². The van der Waals surface area contributed by atoms with E-state index in [1.165, 1.54) is 0 Å². The molecule has 0 aliphatic heterocycles. The minimum atomic E-state index is -0.278. The predicted molar refractivity (Wildman–Crippen MR) is 88.2 cm³/mol. The Balaban J connectivity index is 1.87. The Hall–Kier alpha value is -1.91. The van der Waals surface area contributed by atoms with Crippen molar-refractivity contribution in [1.82, 2.24) is 0 Å². The topological polar surface area (TPSA) is 47.6 Å².